The summed E-state index contributed by atoms with van der Waals surface area (Å²) in [6, 6.07) is 10.6. The molecule has 8 nitrogen and oxygen atoms in total. The molecule has 0 aliphatic rings. The van der Waals surface area contributed by atoms with E-state index in [4.69, 9.17) is 4.42 Å². The van der Waals surface area contributed by atoms with Gasteiger partial charge in [-0.15, -0.1) is 0 Å². The number of carboxylic acid groups (broad SMARTS) is 1. The summed E-state index contributed by atoms with van der Waals surface area (Å²) < 4.78 is 5.18. The van der Waals surface area contributed by atoms with E-state index in [1.54, 1.807) is 19.2 Å². The Morgan fingerprint density at radius 3 is 2.68 bits per heavy atom. The van der Waals surface area contributed by atoms with E-state index in [1.807, 2.05) is 24.3 Å². The summed E-state index contributed by atoms with van der Waals surface area (Å²) in [4.78, 5) is 39.5. The van der Waals surface area contributed by atoms with Crippen LogP contribution in [0.25, 0.3) is 21.9 Å². The predicted molar refractivity (Wildman–Crippen MR) is 114 cm³/mol. The van der Waals surface area contributed by atoms with Gasteiger partial charge in [-0.1, -0.05) is 18.2 Å². The van der Waals surface area contributed by atoms with Crippen molar-refractivity contribution in [3.05, 3.63) is 75.8 Å². The quantitative estimate of drug-likeness (QED) is 0.355. The number of carbonyl (C=O) groups excluding carboxylic acids is 1. The maximum atomic E-state index is 12.7. The van der Waals surface area contributed by atoms with Gasteiger partial charge in [-0.3, -0.25) is 4.79 Å². The number of phenolic OH excluding ortho intramolecular Hbond substituents is 1. The monoisotopic (exact) mass is 420 g/mol. The number of benzene rings is 2. The van der Waals surface area contributed by atoms with Gasteiger partial charge in [0.15, 0.2) is 0 Å². The molecule has 0 fully saturated rings. The number of aliphatic carboxylic acids is 1. The largest absolute Gasteiger partial charge is 0.508 e. The van der Waals surface area contributed by atoms with Crippen LogP contribution in [0.5, 0.6) is 5.75 Å². The number of aromatic nitrogens is 1. The van der Waals surface area contributed by atoms with Crippen LogP contribution in [0.4, 0.5) is 0 Å². The third kappa shape index (κ3) is 4.00. The molecule has 31 heavy (non-hydrogen) atoms. The summed E-state index contributed by atoms with van der Waals surface area (Å²) in [6.45, 7) is 1.60. The highest BCUT2D eigenvalue weighted by molar-refractivity contribution is 5.91. The minimum absolute atomic E-state index is 0.0260. The summed E-state index contributed by atoms with van der Waals surface area (Å²) in [5.74, 6) is -1.72. The van der Waals surface area contributed by atoms with Gasteiger partial charge < -0.3 is 24.9 Å². The number of fused-ring (bicyclic) bond motifs is 2. The third-order valence-electron chi connectivity index (χ3n) is 5.30. The maximum Gasteiger partial charge on any atom is 0.336 e. The van der Waals surface area contributed by atoms with E-state index in [2.05, 4.69) is 10.3 Å². The molecule has 0 aliphatic heterocycles. The molecule has 0 saturated carbocycles. The number of amides is 1. The Morgan fingerprint density at radius 2 is 1.90 bits per heavy atom. The van der Waals surface area contributed by atoms with Gasteiger partial charge in [-0.2, -0.15) is 0 Å². The van der Waals surface area contributed by atoms with Gasteiger partial charge in [0.1, 0.15) is 17.4 Å². The summed E-state index contributed by atoms with van der Waals surface area (Å²) in [6.07, 6.45) is 1.64. The molecule has 0 bridgehead atoms. The number of carbonyl (C=O) groups is 2. The molecule has 1 amide bonds. The van der Waals surface area contributed by atoms with E-state index in [-0.39, 0.29) is 24.2 Å². The predicted octanol–water partition coefficient (Wildman–Crippen LogP) is 2.64. The fourth-order valence-corrected chi connectivity index (χ4v) is 3.70. The number of aryl methyl sites for hydroxylation is 1. The Balaban J connectivity index is 1.57. The maximum absolute atomic E-state index is 12.7. The Bertz CT molecular complexity index is 1370. The van der Waals surface area contributed by atoms with Gasteiger partial charge in [0.05, 0.1) is 6.42 Å². The summed E-state index contributed by atoms with van der Waals surface area (Å²) >= 11 is 0. The van der Waals surface area contributed by atoms with Crippen LogP contribution in [0.1, 0.15) is 16.7 Å². The molecule has 4 aromatic rings. The van der Waals surface area contributed by atoms with Crippen molar-refractivity contribution in [1.82, 2.24) is 10.3 Å². The average molecular weight is 420 g/mol. The number of H-pyrrole nitrogens is 1. The number of rotatable bonds is 6. The van der Waals surface area contributed by atoms with Crippen molar-refractivity contribution in [2.75, 3.05) is 0 Å². The van der Waals surface area contributed by atoms with Crippen LogP contribution in [0.15, 0.2) is 57.9 Å². The fourth-order valence-electron chi connectivity index (χ4n) is 3.70. The Labute approximate surface area is 176 Å². The van der Waals surface area contributed by atoms with Gasteiger partial charge in [-0.25, -0.2) is 9.59 Å². The Morgan fingerprint density at radius 1 is 1.13 bits per heavy atom. The van der Waals surface area contributed by atoms with Crippen molar-refractivity contribution in [3.8, 4) is 5.75 Å². The zero-order valence-corrected chi connectivity index (χ0v) is 16.6. The van der Waals surface area contributed by atoms with Gasteiger partial charge in [0.25, 0.3) is 0 Å². The van der Waals surface area contributed by atoms with Gasteiger partial charge in [0, 0.05) is 40.5 Å². The lowest BCUT2D eigenvalue weighted by molar-refractivity contribution is -0.141. The second kappa shape index (κ2) is 7.98. The first kappa shape index (κ1) is 20.2. The third-order valence-corrected chi connectivity index (χ3v) is 5.30. The molecule has 0 saturated heterocycles. The van der Waals surface area contributed by atoms with Crippen LogP contribution in [0, 0.1) is 6.92 Å². The first-order chi connectivity index (χ1) is 14.8. The van der Waals surface area contributed by atoms with Crippen molar-refractivity contribution in [1.29, 1.82) is 0 Å². The number of para-hydroxylation sites is 1. The topological polar surface area (TPSA) is 133 Å². The lowest BCUT2D eigenvalue weighted by Gasteiger charge is -2.15. The van der Waals surface area contributed by atoms with Crippen LogP contribution in [-0.2, 0) is 22.4 Å². The first-order valence-corrected chi connectivity index (χ1v) is 9.66. The number of aromatic amines is 1. The summed E-state index contributed by atoms with van der Waals surface area (Å²) in [7, 11) is 0. The normalized spacial score (nSPS) is 12.2. The number of hydrogen-bond acceptors (Lipinski definition) is 5. The molecule has 0 unspecified atom stereocenters. The smallest absolute Gasteiger partial charge is 0.336 e. The molecular formula is C23H20N2O6. The standard InChI is InChI=1S/C23H20N2O6/c1-12-19(26)7-6-16-13(10-21(28)31-22(12)16)9-20(27)25-18(23(29)30)8-14-11-24-17-5-3-2-4-15(14)17/h2-7,10-11,18,24,26H,8-9H2,1H3,(H,25,27)(H,29,30)/t18-/m0/s1. The highest BCUT2D eigenvalue weighted by Crippen LogP contribution is 2.27. The Hall–Kier alpha value is -4.07. The number of nitrogens with one attached hydrogen (secondary N) is 2. The van der Waals surface area contributed by atoms with E-state index in [1.165, 1.54) is 12.1 Å². The molecule has 8 heteroatoms. The number of phenols is 1. The molecule has 0 radical (unpaired) electrons. The lowest BCUT2D eigenvalue weighted by Crippen LogP contribution is -2.43. The SMILES string of the molecule is Cc1c(O)ccc2c(CC(=O)N[C@@H](Cc3c[nH]c4ccccc34)C(=O)O)cc(=O)oc12. The highest BCUT2D eigenvalue weighted by atomic mass is 16.4. The van der Waals surface area contributed by atoms with E-state index in [0.717, 1.165) is 16.5 Å². The molecule has 0 aliphatic carbocycles. The average Bonchev–Trinajstić information content (AvgIpc) is 3.13. The minimum Gasteiger partial charge on any atom is -0.508 e. The van der Waals surface area contributed by atoms with Crippen molar-refractivity contribution in [2.24, 2.45) is 0 Å². The van der Waals surface area contributed by atoms with Crippen LogP contribution in [-0.4, -0.2) is 33.1 Å². The molecule has 1 atom stereocenters. The molecule has 0 spiro atoms. The van der Waals surface area contributed by atoms with Crippen LogP contribution in [0.2, 0.25) is 0 Å². The molecule has 2 heterocycles. The van der Waals surface area contributed by atoms with Crippen LogP contribution in [0.3, 0.4) is 0 Å². The van der Waals surface area contributed by atoms with Crippen molar-refractivity contribution in [3.63, 3.8) is 0 Å². The van der Waals surface area contributed by atoms with E-state index >= 15 is 0 Å². The second-order valence-corrected chi connectivity index (χ2v) is 7.38. The Kier molecular flexibility index (Phi) is 5.21. The number of hydrogen-bond donors (Lipinski definition) is 4. The highest BCUT2D eigenvalue weighted by Gasteiger charge is 2.23. The number of aromatic hydroxyl groups is 1. The first-order valence-electron chi connectivity index (χ1n) is 9.66. The fraction of sp³-hybridized carbons (Fsp3) is 0.174. The molecular weight excluding hydrogens is 400 g/mol. The van der Waals surface area contributed by atoms with Gasteiger partial charge in [0.2, 0.25) is 5.91 Å². The summed E-state index contributed by atoms with van der Waals surface area (Å²) in [5.41, 5.74) is 1.98. The van der Waals surface area contributed by atoms with Crippen molar-refractivity contribution < 1.29 is 24.2 Å². The van der Waals surface area contributed by atoms with E-state index in [9.17, 15) is 24.6 Å². The zero-order valence-electron chi connectivity index (χ0n) is 16.6. The molecule has 158 valence electrons. The molecule has 4 rings (SSSR count). The van der Waals surface area contributed by atoms with Gasteiger partial charge >= 0.3 is 11.6 Å². The molecule has 2 aromatic heterocycles. The molecule has 4 N–H and O–H groups in total. The zero-order chi connectivity index (χ0) is 22.1. The van der Waals surface area contributed by atoms with Crippen molar-refractivity contribution in [2.45, 2.75) is 25.8 Å². The number of carboxylic acids is 1. The second-order valence-electron chi connectivity index (χ2n) is 7.38. The molecule has 2 aromatic carbocycles. The van der Waals surface area contributed by atoms with E-state index < -0.39 is 23.5 Å². The summed E-state index contributed by atoms with van der Waals surface area (Å²) in [5, 5.41) is 23.4. The van der Waals surface area contributed by atoms with Crippen molar-refractivity contribution >= 4 is 33.7 Å². The van der Waals surface area contributed by atoms with Crippen LogP contribution < -0.4 is 10.9 Å². The minimum atomic E-state index is -1.16. The van der Waals surface area contributed by atoms with E-state index in [0.29, 0.717) is 16.5 Å². The van der Waals surface area contributed by atoms with Gasteiger partial charge in [-0.05, 0) is 36.2 Å². The lowest BCUT2D eigenvalue weighted by atomic mass is 10.0. The van der Waals surface area contributed by atoms with Crippen LogP contribution >= 0.6 is 0 Å².